The Bertz CT molecular complexity index is 1910. The maximum absolute atomic E-state index is 15.0. The Morgan fingerprint density at radius 3 is 2.07 bits per heavy atom. The molecule has 3 aromatic rings. The van der Waals surface area contributed by atoms with Gasteiger partial charge in [0.2, 0.25) is 0 Å². The van der Waals surface area contributed by atoms with Crippen molar-refractivity contribution in [2.24, 2.45) is 5.92 Å². The molecule has 14 heteroatoms. The summed E-state index contributed by atoms with van der Waals surface area (Å²) < 4.78 is 86.0. The fraction of sp³-hybridized carbons (Fsp3) is 0.500. The highest BCUT2D eigenvalue weighted by molar-refractivity contribution is 6.99. The topological polar surface area (TPSA) is 102 Å². The monoisotopic (exact) mass is 870 g/mol. The Balaban J connectivity index is 1.64. The minimum atomic E-state index is -4.79. The molecule has 0 amide bonds. The van der Waals surface area contributed by atoms with Crippen LogP contribution in [0.3, 0.4) is 0 Å². The van der Waals surface area contributed by atoms with Gasteiger partial charge in [-0.05, 0) is 60.3 Å². The smallest absolute Gasteiger partial charge is 0.404 e. The maximum Gasteiger partial charge on any atom is 0.404 e. The van der Waals surface area contributed by atoms with Crippen LogP contribution < -0.4 is 19.8 Å². The fourth-order valence-electron chi connectivity index (χ4n) is 7.24. The molecular weight excluding hydrogens is 810 g/mol. The number of rotatable bonds is 17. The molecule has 0 radical (unpaired) electrons. The highest BCUT2D eigenvalue weighted by atomic mass is 28.4. The number of aliphatic hydroxyl groups excluding tert-OH is 1. The zero-order chi connectivity index (χ0) is 44.5. The lowest BCUT2D eigenvalue weighted by Gasteiger charge is -2.45. The molecular formula is C46H61F3O9Si2. The van der Waals surface area contributed by atoms with Gasteiger partial charge in [0.05, 0.1) is 25.9 Å². The average molecular weight is 871 g/mol. The zero-order valence-electron chi connectivity index (χ0n) is 36.6. The molecule has 0 saturated carbocycles. The van der Waals surface area contributed by atoms with Crippen LogP contribution in [0.25, 0.3) is 6.08 Å². The number of halogens is 3. The van der Waals surface area contributed by atoms with Gasteiger partial charge >= 0.3 is 12.1 Å². The van der Waals surface area contributed by atoms with Crippen LogP contribution >= 0.6 is 0 Å². The molecule has 4 rings (SSSR count). The first kappa shape index (κ1) is 48.7. The van der Waals surface area contributed by atoms with Crippen molar-refractivity contribution >= 4 is 38.8 Å². The normalized spacial score (nSPS) is 18.6. The molecule has 1 aliphatic rings. The van der Waals surface area contributed by atoms with Crippen LogP contribution in [0.5, 0.6) is 11.5 Å². The van der Waals surface area contributed by atoms with Crippen molar-refractivity contribution in [2.75, 3.05) is 27.6 Å². The minimum absolute atomic E-state index is 0.131. The number of carbonyl (C=O) groups is 1. The van der Waals surface area contributed by atoms with E-state index in [2.05, 4.69) is 31.5 Å². The quantitative estimate of drug-likeness (QED) is 0.0619. The molecule has 1 saturated heterocycles. The molecule has 1 N–H and O–H groups in total. The molecule has 0 aliphatic carbocycles. The van der Waals surface area contributed by atoms with Crippen molar-refractivity contribution in [3.8, 4) is 23.3 Å². The number of carbonyl (C=O) groups excluding carboxylic acids is 1. The van der Waals surface area contributed by atoms with Crippen LogP contribution in [0.2, 0.25) is 30.7 Å². The number of benzene rings is 3. The third-order valence-electron chi connectivity index (χ3n) is 10.2. The molecule has 0 spiro atoms. The summed E-state index contributed by atoms with van der Waals surface area (Å²) in [5.74, 6) is 1.44. The Labute approximate surface area is 355 Å². The van der Waals surface area contributed by atoms with Crippen LogP contribution in [-0.4, -0.2) is 91.5 Å². The molecule has 5 atom stereocenters. The SMILES string of the molecule is COCOc1cc(OC)cc(/C=C/CC2OC(C)(C)OC2C(O)C#CC(C(C)O[Si](c2ccccc2)(c2ccccc2)C(C)(C)C)C(F)(F)F)c1C(=O)OCC[Si](C)(C)C. The van der Waals surface area contributed by atoms with E-state index in [1.165, 1.54) is 21.1 Å². The lowest BCUT2D eigenvalue weighted by Crippen LogP contribution is -2.68. The number of ether oxygens (including phenoxy) is 6. The maximum atomic E-state index is 15.0. The first-order valence-electron chi connectivity index (χ1n) is 20.1. The second-order valence-electron chi connectivity index (χ2n) is 17.6. The zero-order valence-corrected chi connectivity index (χ0v) is 38.6. The summed E-state index contributed by atoms with van der Waals surface area (Å²) in [6.45, 7) is 17.3. The highest BCUT2D eigenvalue weighted by Crippen LogP contribution is 2.41. The van der Waals surface area contributed by atoms with Crippen molar-refractivity contribution < 1.29 is 55.9 Å². The number of alkyl halides is 3. The van der Waals surface area contributed by atoms with E-state index in [1.807, 2.05) is 81.4 Å². The van der Waals surface area contributed by atoms with E-state index >= 15 is 0 Å². The largest absolute Gasteiger partial charge is 0.497 e. The van der Waals surface area contributed by atoms with Gasteiger partial charge in [-0.3, -0.25) is 0 Å². The summed E-state index contributed by atoms with van der Waals surface area (Å²) in [5, 5.41) is 12.5. The predicted molar refractivity (Wildman–Crippen MR) is 233 cm³/mol. The van der Waals surface area contributed by atoms with Crippen molar-refractivity contribution in [3.63, 3.8) is 0 Å². The first-order valence-corrected chi connectivity index (χ1v) is 25.7. The molecule has 9 nitrogen and oxygen atoms in total. The molecule has 1 fully saturated rings. The van der Waals surface area contributed by atoms with Gasteiger partial charge in [0.1, 0.15) is 35.2 Å². The Kier molecular flexibility index (Phi) is 16.5. The highest BCUT2D eigenvalue weighted by Gasteiger charge is 2.54. The van der Waals surface area contributed by atoms with E-state index in [0.29, 0.717) is 11.3 Å². The van der Waals surface area contributed by atoms with E-state index in [9.17, 15) is 23.1 Å². The Hall–Kier alpha value is -3.95. The van der Waals surface area contributed by atoms with Gasteiger partial charge in [0.25, 0.3) is 8.32 Å². The first-order chi connectivity index (χ1) is 28.0. The van der Waals surface area contributed by atoms with Gasteiger partial charge in [-0.2, -0.15) is 13.2 Å². The molecule has 5 unspecified atom stereocenters. The van der Waals surface area contributed by atoms with Gasteiger partial charge in [-0.1, -0.05) is 125 Å². The summed E-state index contributed by atoms with van der Waals surface area (Å²) in [5.41, 5.74) is 0.593. The third-order valence-corrected chi connectivity index (χ3v) is 17.0. The van der Waals surface area contributed by atoms with E-state index < -0.39 is 69.7 Å². The third kappa shape index (κ3) is 12.6. The standard InChI is InChI=1S/C46H61F3O9Si2/c1-32(58-60(44(2,3)4,35-20-14-12-15-21-35)36-22-16-13-17-23-36)37(46(47,48)49)25-26-38(50)42-39(56-45(5,6)57-42)24-18-19-33-29-34(53-8)30-40(55-31-52-7)41(33)43(51)54-27-28-59(9,10)11/h12-23,29-30,32,37-39,42,50H,24,27-28,31H2,1-11H3/b19-18+. The molecule has 0 bridgehead atoms. The Morgan fingerprint density at radius 1 is 0.950 bits per heavy atom. The van der Waals surface area contributed by atoms with Crippen molar-refractivity contribution in [2.45, 2.75) is 115 Å². The van der Waals surface area contributed by atoms with E-state index in [4.69, 9.17) is 32.8 Å². The van der Waals surface area contributed by atoms with Gasteiger partial charge in [-0.25, -0.2) is 4.79 Å². The lowest BCUT2D eigenvalue weighted by atomic mass is 10.0. The van der Waals surface area contributed by atoms with Crippen molar-refractivity contribution in [1.29, 1.82) is 0 Å². The summed E-state index contributed by atoms with van der Waals surface area (Å²) in [6.07, 6.45) is -6.27. The molecule has 0 aromatic heterocycles. The van der Waals surface area contributed by atoms with Crippen molar-refractivity contribution in [1.82, 2.24) is 0 Å². The summed E-state index contributed by atoms with van der Waals surface area (Å²) in [4.78, 5) is 13.5. The summed E-state index contributed by atoms with van der Waals surface area (Å²) in [7, 11) is -1.94. The fourth-order valence-corrected chi connectivity index (χ4v) is 12.7. The molecule has 1 aliphatic heterocycles. The molecule has 1 heterocycles. The van der Waals surface area contributed by atoms with Gasteiger partial charge < -0.3 is 38.0 Å². The lowest BCUT2D eigenvalue weighted by molar-refractivity contribution is -0.177. The second-order valence-corrected chi connectivity index (χ2v) is 27.5. The van der Waals surface area contributed by atoms with Crippen LogP contribution in [-0.2, 0) is 23.4 Å². The average Bonchev–Trinajstić information content (AvgIpc) is 3.48. The van der Waals surface area contributed by atoms with Crippen molar-refractivity contribution in [3.05, 3.63) is 90.0 Å². The number of hydrogen-bond donors (Lipinski definition) is 1. The van der Waals surface area contributed by atoms with Crippen LogP contribution in [0, 0.1) is 17.8 Å². The molecule has 328 valence electrons. The number of esters is 1. The van der Waals surface area contributed by atoms with E-state index in [-0.39, 0.29) is 31.1 Å². The Morgan fingerprint density at radius 2 is 1.55 bits per heavy atom. The molecule has 60 heavy (non-hydrogen) atoms. The van der Waals surface area contributed by atoms with Crippen LogP contribution in [0.4, 0.5) is 13.2 Å². The molecule has 3 aromatic carbocycles. The van der Waals surface area contributed by atoms with E-state index in [0.717, 1.165) is 16.4 Å². The minimum Gasteiger partial charge on any atom is -0.497 e. The van der Waals surface area contributed by atoms with Gasteiger partial charge in [-0.15, -0.1) is 0 Å². The number of methoxy groups -OCH3 is 2. The number of hydrogen-bond acceptors (Lipinski definition) is 9. The van der Waals surface area contributed by atoms with Gasteiger partial charge in [0.15, 0.2) is 12.6 Å². The predicted octanol–water partition coefficient (Wildman–Crippen LogP) is 8.60. The summed E-state index contributed by atoms with van der Waals surface area (Å²) >= 11 is 0. The second kappa shape index (κ2) is 20.3. The van der Waals surface area contributed by atoms with Crippen LogP contribution in [0.15, 0.2) is 78.9 Å². The summed E-state index contributed by atoms with van der Waals surface area (Å²) in [6, 6.07) is 22.8. The van der Waals surface area contributed by atoms with Crippen LogP contribution in [0.1, 0.15) is 63.9 Å². The van der Waals surface area contributed by atoms with E-state index in [1.54, 1.807) is 38.1 Å². The van der Waals surface area contributed by atoms with Gasteiger partial charge in [0, 0.05) is 21.3 Å². The number of aliphatic hydroxyl groups is 1.